The van der Waals surface area contributed by atoms with Crippen LogP contribution >= 0.6 is 11.3 Å². The third-order valence-corrected chi connectivity index (χ3v) is 3.81. The highest BCUT2D eigenvalue weighted by atomic mass is 32.1. The molecule has 0 aliphatic heterocycles. The topological polar surface area (TPSA) is 57.5 Å². The first-order chi connectivity index (χ1) is 9.41. The van der Waals surface area contributed by atoms with Crippen LogP contribution < -0.4 is 4.87 Å². The SMILES string of the molecule is Cc1csc(=O)n1CCOC(=O)C(C)OCCC(C)C. The summed E-state index contributed by atoms with van der Waals surface area (Å²) in [6, 6.07) is 0. The zero-order chi connectivity index (χ0) is 15.1. The quantitative estimate of drug-likeness (QED) is 0.691. The fraction of sp³-hybridized carbons (Fsp3) is 0.714. The van der Waals surface area contributed by atoms with Crippen LogP contribution in [0.15, 0.2) is 10.2 Å². The maximum atomic E-state index is 11.7. The van der Waals surface area contributed by atoms with Crippen LogP contribution in [0.25, 0.3) is 0 Å². The van der Waals surface area contributed by atoms with Crippen molar-refractivity contribution in [3.05, 3.63) is 20.7 Å². The third kappa shape index (κ3) is 5.46. The summed E-state index contributed by atoms with van der Waals surface area (Å²) in [6.07, 6.45) is 0.357. The van der Waals surface area contributed by atoms with Gasteiger partial charge in [-0.2, -0.15) is 0 Å². The Morgan fingerprint density at radius 1 is 1.35 bits per heavy atom. The number of esters is 1. The highest BCUT2D eigenvalue weighted by Gasteiger charge is 2.15. The van der Waals surface area contributed by atoms with Crippen molar-refractivity contribution < 1.29 is 14.3 Å². The molecule has 1 heterocycles. The van der Waals surface area contributed by atoms with Gasteiger partial charge in [0.2, 0.25) is 0 Å². The summed E-state index contributed by atoms with van der Waals surface area (Å²) < 4.78 is 12.1. The maximum Gasteiger partial charge on any atom is 0.335 e. The molecular formula is C14H23NO4S. The lowest BCUT2D eigenvalue weighted by Gasteiger charge is -2.13. The first kappa shape index (κ1) is 16.9. The van der Waals surface area contributed by atoms with E-state index in [0.717, 1.165) is 23.5 Å². The fourth-order valence-electron chi connectivity index (χ4n) is 1.58. The Kier molecular flexibility index (Phi) is 6.95. The fourth-order valence-corrected chi connectivity index (χ4v) is 2.34. The first-order valence-electron chi connectivity index (χ1n) is 6.85. The maximum absolute atomic E-state index is 11.7. The number of thiazole rings is 1. The Balaban J connectivity index is 2.27. The molecule has 0 bridgehead atoms. The summed E-state index contributed by atoms with van der Waals surface area (Å²) in [6.45, 7) is 8.88. The summed E-state index contributed by atoms with van der Waals surface area (Å²) >= 11 is 1.15. The molecule has 1 aromatic rings. The molecule has 0 amide bonds. The van der Waals surface area contributed by atoms with Crippen LogP contribution in [0, 0.1) is 12.8 Å². The lowest BCUT2D eigenvalue weighted by Crippen LogP contribution is -2.26. The number of aryl methyl sites for hydroxylation is 1. The molecular weight excluding hydrogens is 278 g/mol. The molecule has 1 atom stereocenters. The highest BCUT2D eigenvalue weighted by Crippen LogP contribution is 2.03. The minimum absolute atomic E-state index is 0.0280. The molecule has 0 saturated carbocycles. The monoisotopic (exact) mass is 301 g/mol. The number of nitrogens with zero attached hydrogens (tertiary/aromatic N) is 1. The van der Waals surface area contributed by atoms with Crippen LogP contribution in [0.1, 0.15) is 32.9 Å². The largest absolute Gasteiger partial charge is 0.462 e. The predicted molar refractivity (Wildman–Crippen MR) is 79.1 cm³/mol. The number of rotatable bonds is 8. The van der Waals surface area contributed by atoms with Crippen molar-refractivity contribution in [2.45, 2.75) is 46.8 Å². The summed E-state index contributed by atoms with van der Waals surface area (Å²) in [4.78, 5) is 23.1. The predicted octanol–water partition coefficient (Wildman–Crippen LogP) is 2.21. The smallest absolute Gasteiger partial charge is 0.335 e. The van der Waals surface area contributed by atoms with Crippen LogP contribution in [0.3, 0.4) is 0 Å². The van der Waals surface area contributed by atoms with Gasteiger partial charge in [0.25, 0.3) is 0 Å². The van der Waals surface area contributed by atoms with E-state index in [-0.39, 0.29) is 17.4 Å². The zero-order valence-corrected chi connectivity index (χ0v) is 13.4. The zero-order valence-electron chi connectivity index (χ0n) is 12.5. The number of carbonyl (C=O) groups is 1. The van der Waals surface area contributed by atoms with Crippen molar-refractivity contribution >= 4 is 17.3 Å². The molecule has 0 aliphatic carbocycles. The Bertz CT molecular complexity index is 478. The molecule has 6 heteroatoms. The number of hydrogen-bond acceptors (Lipinski definition) is 5. The molecule has 0 spiro atoms. The summed E-state index contributed by atoms with van der Waals surface area (Å²) in [5.74, 6) is 0.168. The minimum atomic E-state index is -0.561. The van der Waals surface area contributed by atoms with Gasteiger partial charge in [-0.3, -0.25) is 9.36 Å². The molecule has 0 N–H and O–H groups in total. The van der Waals surface area contributed by atoms with E-state index in [0.29, 0.717) is 19.1 Å². The second kappa shape index (κ2) is 8.21. The van der Waals surface area contributed by atoms with Gasteiger partial charge in [0, 0.05) is 17.7 Å². The van der Waals surface area contributed by atoms with Gasteiger partial charge in [-0.15, -0.1) is 0 Å². The van der Waals surface area contributed by atoms with Gasteiger partial charge < -0.3 is 9.47 Å². The molecule has 1 aromatic heterocycles. The molecule has 0 saturated heterocycles. The number of carbonyl (C=O) groups excluding carboxylic acids is 1. The van der Waals surface area contributed by atoms with Crippen LogP contribution in [0.5, 0.6) is 0 Å². The second-order valence-corrected chi connectivity index (χ2v) is 5.98. The van der Waals surface area contributed by atoms with Gasteiger partial charge in [-0.1, -0.05) is 25.2 Å². The van der Waals surface area contributed by atoms with E-state index < -0.39 is 6.10 Å². The Morgan fingerprint density at radius 2 is 2.05 bits per heavy atom. The van der Waals surface area contributed by atoms with E-state index in [1.807, 2.05) is 6.92 Å². The van der Waals surface area contributed by atoms with Crippen molar-refractivity contribution in [3.8, 4) is 0 Å². The van der Waals surface area contributed by atoms with E-state index in [9.17, 15) is 9.59 Å². The summed E-state index contributed by atoms with van der Waals surface area (Å²) in [5.41, 5.74) is 0.886. The van der Waals surface area contributed by atoms with Crippen molar-refractivity contribution in [2.24, 2.45) is 5.92 Å². The van der Waals surface area contributed by atoms with Crippen LogP contribution in [-0.4, -0.2) is 29.9 Å². The normalized spacial score (nSPS) is 12.7. The molecule has 114 valence electrons. The van der Waals surface area contributed by atoms with E-state index >= 15 is 0 Å². The Morgan fingerprint density at radius 3 is 2.60 bits per heavy atom. The number of aromatic nitrogens is 1. The number of ether oxygens (including phenoxy) is 2. The average Bonchev–Trinajstić information content (AvgIpc) is 2.69. The van der Waals surface area contributed by atoms with E-state index in [1.165, 1.54) is 0 Å². The molecule has 0 aliphatic rings. The molecule has 1 unspecified atom stereocenters. The van der Waals surface area contributed by atoms with Crippen molar-refractivity contribution in [2.75, 3.05) is 13.2 Å². The van der Waals surface area contributed by atoms with Crippen molar-refractivity contribution in [1.82, 2.24) is 4.57 Å². The number of hydrogen-bond donors (Lipinski definition) is 0. The molecule has 5 nitrogen and oxygen atoms in total. The molecule has 20 heavy (non-hydrogen) atoms. The average molecular weight is 301 g/mol. The van der Waals surface area contributed by atoms with Gasteiger partial charge in [-0.25, -0.2) is 4.79 Å². The van der Waals surface area contributed by atoms with E-state index in [1.54, 1.807) is 16.9 Å². The van der Waals surface area contributed by atoms with Gasteiger partial charge in [0.15, 0.2) is 6.10 Å². The molecule has 0 aromatic carbocycles. The summed E-state index contributed by atoms with van der Waals surface area (Å²) in [7, 11) is 0. The molecule has 0 radical (unpaired) electrons. The second-order valence-electron chi connectivity index (χ2n) is 5.16. The van der Waals surface area contributed by atoms with Crippen molar-refractivity contribution in [1.29, 1.82) is 0 Å². The summed E-state index contributed by atoms with van der Waals surface area (Å²) in [5, 5.41) is 1.79. The van der Waals surface area contributed by atoms with Gasteiger partial charge >= 0.3 is 10.8 Å². The molecule has 1 rings (SSSR count). The van der Waals surface area contributed by atoms with Crippen LogP contribution in [0.4, 0.5) is 0 Å². The van der Waals surface area contributed by atoms with Crippen molar-refractivity contribution in [3.63, 3.8) is 0 Å². The molecule has 0 fully saturated rings. The Hall–Kier alpha value is -1.14. The lowest BCUT2D eigenvalue weighted by molar-refractivity contribution is -0.156. The third-order valence-electron chi connectivity index (χ3n) is 2.93. The van der Waals surface area contributed by atoms with Gasteiger partial charge in [-0.05, 0) is 26.2 Å². The van der Waals surface area contributed by atoms with Gasteiger partial charge in [0.1, 0.15) is 6.61 Å². The van der Waals surface area contributed by atoms with Crippen LogP contribution in [-0.2, 0) is 20.8 Å². The standard InChI is InChI=1S/C14H23NO4S/c1-10(2)5-7-18-12(4)13(16)19-8-6-15-11(3)9-20-14(15)17/h9-10,12H,5-8H2,1-4H3. The van der Waals surface area contributed by atoms with Crippen LogP contribution in [0.2, 0.25) is 0 Å². The first-order valence-corrected chi connectivity index (χ1v) is 7.73. The van der Waals surface area contributed by atoms with E-state index in [2.05, 4.69) is 13.8 Å². The van der Waals surface area contributed by atoms with E-state index in [4.69, 9.17) is 9.47 Å². The highest BCUT2D eigenvalue weighted by molar-refractivity contribution is 7.07. The minimum Gasteiger partial charge on any atom is -0.462 e. The lowest BCUT2D eigenvalue weighted by atomic mass is 10.1. The van der Waals surface area contributed by atoms with Gasteiger partial charge in [0.05, 0.1) is 6.54 Å². The Labute approximate surface area is 123 Å².